The van der Waals surface area contributed by atoms with Crippen molar-refractivity contribution in [1.82, 2.24) is 9.97 Å². The minimum absolute atomic E-state index is 0.167. The first-order chi connectivity index (χ1) is 13.0. The number of anilines is 1. The number of carbonyl (C=O) groups is 1. The maximum Gasteiger partial charge on any atom is 0.263 e. The summed E-state index contributed by atoms with van der Waals surface area (Å²) in [5, 5.41) is 1.24. The van der Waals surface area contributed by atoms with Crippen LogP contribution in [0, 0.1) is 13.8 Å². The lowest BCUT2D eigenvalue weighted by atomic mass is 10.2. The zero-order valence-electron chi connectivity index (χ0n) is 14.8. The Morgan fingerprint density at radius 1 is 1.22 bits per heavy atom. The number of benzene rings is 1. The van der Waals surface area contributed by atoms with E-state index in [1.165, 1.54) is 11.3 Å². The van der Waals surface area contributed by atoms with Crippen LogP contribution in [-0.4, -0.2) is 15.9 Å². The molecule has 4 rings (SSSR count). The van der Waals surface area contributed by atoms with Gasteiger partial charge in [-0.1, -0.05) is 29.0 Å². The molecule has 3 heterocycles. The Labute approximate surface area is 165 Å². The number of aromatic nitrogens is 2. The highest BCUT2D eigenvalue weighted by Gasteiger charge is 2.25. The first kappa shape index (κ1) is 17.7. The summed E-state index contributed by atoms with van der Waals surface area (Å²) in [5.41, 5.74) is 2.11. The van der Waals surface area contributed by atoms with Crippen LogP contribution >= 0.6 is 22.9 Å². The second-order valence-corrected chi connectivity index (χ2v) is 7.59. The van der Waals surface area contributed by atoms with Crippen molar-refractivity contribution in [2.75, 3.05) is 4.90 Å². The van der Waals surface area contributed by atoms with E-state index in [1.807, 2.05) is 37.3 Å². The summed E-state index contributed by atoms with van der Waals surface area (Å²) in [6.07, 6.45) is 1.71. The second kappa shape index (κ2) is 7.13. The van der Waals surface area contributed by atoms with Crippen LogP contribution in [0.1, 0.15) is 27.6 Å². The van der Waals surface area contributed by atoms with Gasteiger partial charge < -0.3 is 4.42 Å². The first-order valence-electron chi connectivity index (χ1n) is 8.36. The van der Waals surface area contributed by atoms with E-state index in [2.05, 4.69) is 9.97 Å². The predicted molar refractivity (Wildman–Crippen MR) is 108 cm³/mol. The maximum absolute atomic E-state index is 13.3. The minimum atomic E-state index is -0.167. The number of nitrogens with zero attached hydrogens (tertiary/aromatic N) is 3. The van der Waals surface area contributed by atoms with E-state index in [1.54, 1.807) is 30.2 Å². The number of hydrogen-bond acceptors (Lipinski definition) is 5. The van der Waals surface area contributed by atoms with E-state index in [9.17, 15) is 4.79 Å². The Morgan fingerprint density at radius 3 is 2.78 bits per heavy atom. The monoisotopic (exact) mass is 397 g/mol. The van der Waals surface area contributed by atoms with Crippen molar-refractivity contribution < 1.29 is 9.21 Å². The Balaban J connectivity index is 1.79. The zero-order chi connectivity index (χ0) is 19.0. The molecule has 0 N–H and O–H groups in total. The Bertz CT molecular complexity index is 1120. The summed E-state index contributed by atoms with van der Waals surface area (Å²) in [6, 6.07) is 12.9. The molecule has 0 unspecified atom stereocenters. The molecule has 7 heteroatoms. The molecule has 3 aromatic heterocycles. The summed E-state index contributed by atoms with van der Waals surface area (Å²) < 4.78 is 6.48. The largest absolute Gasteiger partial charge is 0.466 e. The number of amides is 1. The van der Waals surface area contributed by atoms with Crippen LogP contribution in [0.15, 0.2) is 53.1 Å². The van der Waals surface area contributed by atoms with E-state index in [-0.39, 0.29) is 5.91 Å². The topological polar surface area (TPSA) is 59.2 Å². The number of thiazole rings is 1. The smallest absolute Gasteiger partial charge is 0.263 e. The lowest BCUT2D eigenvalue weighted by Gasteiger charge is -2.19. The molecule has 0 saturated heterocycles. The van der Waals surface area contributed by atoms with Crippen molar-refractivity contribution in [3.05, 3.63) is 76.5 Å². The van der Waals surface area contributed by atoms with E-state index < -0.39 is 0 Å². The number of fused-ring (bicyclic) bond motifs is 1. The van der Waals surface area contributed by atoms with Gasteiger partial charge in [0.1, 0.15) is 11.5 Å². The predicted octanol–water partition coefficient (Wildman–Crippen LogP) is 5.40. The van der Waals surface area contributed by atoms with Crippen LogP contribution < -0.4 is 4.90 Å². The number of halogens is 1. The van der Waals surface area contributed by atoms with Gasteiger partial charge >= 0.3 is 0 Å². The van der Waals surface area contributed by atoms with Crippen molar-refractivity contribution in [1.29, 1.82) is 0 Å². The molecule has 0 atom stereocenters. The van der Waals surface area contributed by atoms with Gasteiger partial charge in [-0.25, -0.2) is 4.98 Å². The first-order valence-corrected chi connectivity index (χ1v) is 9.55. The molecule has 4 aromatic rings. The molecule has 0 radical (unpaired) electrons. The number of furan rings is 1. The van der Waals surface area contributed by atoms with Gasteiger partial charge in [-0.3, -0.25) is 14.7 Å². The van der Waals surface area contributed by atoms with E-state index in [4.69, 9.17) is 16.0 Å². The molecule has 27 heavy (non-hydrogen) atoms. The Morgan fingerprint density at radius 2 is 2.07 bits per heavy atom. The third kappa shape index (κ3) is 3.59. The molecule has 1 aromatic carbocycles. The molecule has 0 aliphatic rings. The summed E-state index contributed by atoms with van der Waals surface area (Å²) in [7, 11) is 0. The van der Waals surface area contributed by atoms with Gasteiger partial charge in [0.2, 0.25) is 0 Å². The highest BCUT2D eigenvalue weighted by atomic mass is 35.5. The zero-order valence-corrected chi connectivity index (χ0v) is 16.3. The fourth-order valence-corrected chi connectivity index (χ4v) is 4.11. The van der Waals surface area contributed by atoms with Crippen molar-refractivity contribution in [3.8, 4) is 0 Å². The molecule has 0 bridgehead atoms. The van der Waals surface area contributed by atoms with E-state index in [0.717, 1.165) is 15.9 Å². The number of aryl methyl sites for hydroxylation is 2. The summed E-state index contributed by atoms with van der Waals surface area (Å²) in [4.78, 5) is 23.9. The number of hydrogen-bond donors (Lipinski definition) is 0. The van der Waals surface area contributed by atoms with Crippen molar-refractivity contribution in [3.63, 3.8) is 0 Å². The summed E-state index contributed by atoms with van der Waals surface area (Å²) in [6.45, 7) is 3.93. The minimum Gasteiger partial charge on any atom is -0.466 e. The molecular formula is C20H16ClN3O2S. The van der Waals surface area contributed by atoms with Crippen LogP contribution in [-0.2, 0) is 6.54 Å². The van der Waals surface area contributed by atoms with Crippen molar-refractivity contribution in [2.45, 2.75) is 20.4 Å². The molecule has 5 nitrogen and oxygen atoms in total. The van der Waals surface area contributed by atoms with Crippen molar-refractivity contribution >= 4 is 44.2 Å². The SMILES string of the molecule is Cc1cc(C(=O)N(Cc2ccccn2)c2nc3ccc(Cl)cc3s2)c(C)o1. The Kier molecular flexibility index (Phi) is 4.68. The third-order valence-corrected chi connectivity index (χ3v) is 5.41. The van der Waals surface area contributed by atoms with Gasteiger partial charge in [0, 0.05) is 11.2 Å². The lowest BCUT2D eigenvalue weighted by Crippen LogP contribution is -2.30. The van der Waals surface area contributed by atoms with Crippen LogP contribution in [0.2, 0.25) is 5.02 Å². The normalized spacial score (nSPS) is 11.1. The molecule has 0 saturated carbocycles. The fraction of sp³-hybridized carbons (Fsp3) is 0.150. The average Bonchev–Trinajstić information content (AvgIpc) is 3.22. The summed E-state index contributed by atoms with van der Waals surface area (Å²) >= 11 is 7.52. The molecule has 0 fully saturated rings. The number of carbonyl (C=O) groups excluding carboxylic acids is 1. The molecule has 136 valence electrons. The molecule has 1 amide bonds. The van der Waals surface area contributed by atoms with Gasteiger partial charge in [-0.2, -0.15) is 0 Å². The van der Waals surface area contributed by atoms with Gasteiger partial charge in [0.05, 0.1) is 28.0 Å². The number of rotatable bonds is 4. The van der Waals surface area contributed by atoms with Gasteiger partial charge in [-0.05, 0) is 50.2 Å². The van der Waals surface area contributed by atoms with Crippen LogP contribution in [0.4, 0.5) is 5.13 Å². The standard InChI is InChI=1S/C20H16ClN3O2S/c1-12-9-16(13(2)26-12)19(25)24(11-15-5-3-4-8-22-15)20-23-17-7-6-14(21)10-18(17)27-20/h3-10H,11H2,1-2H3. The van der Waals surface area contributed by atoms with Crippen LogP contribution in [0.3, 0.4) is 0 Å². The highest BCUT2D eigenvalue weighted by Crippen LogP contribution is 2.32. The van der Waals surface area contributed by atoms with Crippen LogP contribution in [0.25, 0.3) is 10.2 Å². The fourth-order valence-electron chi connectivity index (χ4n) is 2.87. The van der Waals surface area contributed by atoms with Gasteiger partial charge in [0.25, 0.3) is 5.91 Å². The number of pyridine rings is 1. The second-order valence-electron chi connectivity index (χ2n) is 6.15. The maximum atomic E-state index is 13.3. The quantitative estimate of drug-likeness (QED) is 0.462. The molecule has 0 aliphatic heterocycles. The highest BCUT2D eigenvalue weighted by molar-refractivity contribution is 7.22. The van der Waals surface area contributed by atoms with Crippen molar-refractivity contribution in [2.24, 2.45) is 0 Å². The molecule has 0 aliphatic carbocycles. The molecular weight excluding hydrogens is 382 g/mol. The van der Waals surface area contributed by atoms with Gasteiger partial charge in [-0.15, -0.1) is 0 Å². The lowest BCUT2D eigenvalue weighted by molar-refractivity contribution is 0.0983. The van der Waals surface area contributed by atoms with Crippen LogP contribution in [0.5, 0.6) is 0 Å². The summed E-state index contributed by atoms with van der Waals surface area (Å²) in [5.74, 6) is 1.12. The molecule has 0 spiro atoms. The third-order valence-electron chi connectivity index (χ3n) is 4.13. The van der Waals surface area contributed by atoms with Gasteiger partial charge in [0.15, 0.2) is 5.13 Å². The average molecular weight is 398 g/mol. The van der Waals surface area contributed by atoms with E-state index >= 15 is 0 Å². The van der Waals surface area contributed by atoms with E-state index in [0.29, 0.717) is 33.8 Å². The Hall–Kier alpha value is -2.70.